The minimum Gasteiger partial charge on any atom is -0.465 e. The van der Waals surface area contributed by atoms with Crippen molar-refractivity contribution in [3.63, 3.8) is 0 Å². The fourth-order valence-electron chi connectivity index (χ4n) is 3.90. The molecule has 0 saturated carbocycles. The molecule has 0 fully saturated rings. The number of ether oxygens (including phenoxy) is 3. The van der Waals surface area contributed by atoms with Gasteiger partial charge in [0.25, 0.3) is 0 Å². The van der Waals surface area contributed by atoms with E-state index >= 15 is 0 Å². The summed E-state index contributed by atoms with van der Waals surface area (Å²) in [5.41, 5.74) is 14.4. The lowest BCUT2D eigenvalue weighted by Gasteiger charge is -2.41. The molecule has 3 aromatic carbocycles. The molecule has 32 heavy (non-hydrogen) atoms. The van der Waals surface area contributed by atoms with Crippen molar-refractivity contribution in [3.8, 4) is 11.5 Å². The molecule has 10 heteroatoms. The Labute approximate surface area is 218 Å². The molecule has 0 spiro atoms. The van der Waals surface area contributed by atoms with Crippen molar-refractivity contribution in [3.05, 3.63) is 76.5 Å². The van der Waals surface area contributed by atoms with Gasteiger partial charge in [-0.1, -0.05) is 18.2 Å². The van der Waals surface area contributed by atoms with Crippen LogP contribution in [-0.2, 0) is 15.1 Å². The minimum atomic E-state index is -1.26. The lowest BCUT2D eigenvalue weighted by atomic mass is 9.76. The predicted molar refractivity (Wildman–Crippen MR) is 137 cm³/mol. The lowest BCUT2D eigenvalue weighted by molar-refractivity contribution is 0.0444. The van der Waals surface area contributed by atoms with Crippen LogP contribution in [0.1, 0.15) is 27.0 Å². The number of fused-ring (bicyclic) bond motifs is 2. The van der Waals surface area contributed by atoms with Crippen molar-refractivity contribution >= 4 is 81.1 Å². The number of nitrogens with two attached hydrogens (primary N) is 2. The number of methoxy groups -OCH3 is 2. The molecule has 0 saturated heterocycles. The van der Waals surface area contributed by atoms with Crippen LogP contribution in [-0.4, -0.2) is 20.2 Å². The van der Waals surface area contributed by atoms with Gasteiger partial charge in [-0.3, -0.25) is 0 Å². The van der Waals surface area contributed by atoms with Crippen molar-refractivity contribution < 1.29 is 19.0 Å². The van der Waals surface area contributed by atoms with Gasteiger partial charge in [0.2, 0.25) is 0 Å². The van der Waals surface area contributed by atoms with E-state index in [-0.39, 0.29) is 0 Å². The third-order valence-corrected chi connectivity index (χ3v) is 8.28. The summed E-state index contributed by atoms with van der Waals surface area (Å²) in [6.07, 6.45) is 0. The molecule has 0 amide bonds. The van der Waals surface area contributed by atoms with Gasteiger partial charge in [0.15, 0.2) is 17.1 Å². The van der Waals surface area contributed by atoms with Crippen LogP contribution in [0.2, 0.25) is 0 Å². The van der Waals surface area contributed by atoms with Crippen LogP contribution in [0.4, 0.5) is 11.4 Å². The fraction of sp³-hybridized carbons (Fsp3) is 0.136. The number of rotatable bonds is 3. The molecule has 0 bridgehead atoms. The fourth-order valence-corrected chi connectivity index (χ4v) is 6.30. The number of hydrogen-bond acceptors (Lipinski definition) is 6. The number of carbonyl (C=O) groups is 1. The highest BCUT2D eigenvalue weighted by molar-refractivity contribution is 9.11. The maximum Gasteiger partial charge on any atom is 0.338 e. The summed E-state index contributed by atoms with van der Waals surface area (Å²) in [6, 6.07) is 10.8. The first-order valence-electron chi connectivity index (χ1n) is 9.15. The molecule has 1 aliphatic rings. The van der Waals surface area contributed by atoms with Crippen molar-refractivity contribution in [1.82, 2.24) is 0 Å². The van der Waals surface area contributed by atoms with Crippen LogP contribution >= 0.6 is 63.7 Å². The van der Waals surface area contributed by atoms with Gasteiger partial charge in [-0.15, -0.1) is 0 Å². The summed E-state index contributed by atoms with van der Waals surface area (Å²) in [5, 5.41) is 0. The van der Waals surface area contributed by atoms with Crippen molar-refractivity contribution in [2.24, 2.45) is 0 Å². The van der Waals surface area contributed by atoms with E-state index in [0.717, 1.165) is 0 Å². The van der Waals surface area contributed by atoms with Crippen LogP contribution in [0.15, 0.2) is 54.3 Å². The minimum absolute atomic E-state index is 0.351. The monoisotopic (exact) mass is 688 g/mol. The molecule has 0 radical (unpaired) electrons. The Balaban J connectivity index is 2.23. The molecule has 1 aliphatic heterocycles. The molecular formula is C22H16Br4N2O4. The van der Waals surface area contributed by atoms with Gasteiger partial charge in [0, 0.05) is 32.7 Å². The Morgan fingerprint density at radius 3 is 1.84 bits per heavy atom. The molecule has 4 rings (SSSR count). The molecular weight excluding hydrogens is 676 g/mol. The quantitative estimate of drug-likeness (QED) is 0.234. The Morgan fingerprint density at radius 1 is 0.875 bits per heavy atom. The predicted octanol–water partition coefficient (Wildman–Crippen LogP) is 6.73. The second-order valence-electron chi connectivity index (χ2n) is 6.95. The second kappa shape index (κ2) is 8.64. The lowest BCUT2D eigenvalue weighted by Crippen LogP contribution is -2.37. The summed E-state index contributed by atoms with van der Waals surface area (Å²) >= 11 is 14.2. The van der Waals surface area contributed by atoms with Crippen LogP contribution < -0.4 is 16.2 Å². The van der Waals surface area contributed by atoms with Gasteiger partial charge >= 0.3 is 5.97 Å². The summed E-state index contributed by atoms with van der Waals surface area (Å²) in [6.45, 7) is 0. The number of benzene rings is 3. The van der Waals surface area contributed by atoms with Crippen molar-refractivity contribution in [2.45, 2.75) is 5.60 Å². The highest BCUT2D eigenvalue weighted by atomic mass is 79.9. The van der Waals surface area contributed by atoms with Gasteiger partial charge in [0.1, 0.15) is 0 Å². The number of esters is 1. The maximum atomic E-state index is 12.7. The van der Waals surface area contributed by atoms with Gasteiger partial charge in [-0.25, -0.2) is 4.79 Å². The summed E-state index contributed by atoms with van der Waals surface area (Å²) in [5.74, 6) is 0.401. The third kappa shape index (κ3) is 3.30. The molecule has 0 aromatic heterocycles. The van der Waals surface area contributed by atoms with E-state index in [1.165, 1.54) is 7.11 Å². The zero-order valence-electron chi connectivity index (χ0n) is 16.8. The standard InChI is InChI=1S/C22H16Br4N2O4/c1-30-21(29)9-5-3-4-6-10(9)22(31-2)11-7-13(23)17(27)15(25)19(11)32-20-12(22)8-14(24)18(28)16(20)26/h3-8H,27-28H2,1-2H3. The number of halogens is 4. The molecule has 3 aromatic rings. The van der Waals surface area contributed by atoms with E-state index in [1.807, 2.05) is 24.3 Å². The average Bonchev–Trinajstić information content (AvgIpc) is 2.80. The Bertz CT molecular complexity index is 1220. The first-order chi connectivity index (χ1) is 15.2. The average molecular weight is 692 g/mol. The molecule has 6 nitrogen and oxygen atoms in total. The molecule has 0 atom stereocenters. The topological polar surface area (TPSA) is 96.8 Å². The first kappa shape index (κ1) is 23.6. The van der Waals surface area contributed by atoms with Crippen LogP contribution in [0.3, 0.4) is 0 Å². The highest BCUT2D eigenvalue weighted by Crippen LogP contribution is 2.59. The van der Waals surface area contributed by atoms with Crippen LogP contribution in [0, 0.1) is 0 Å². The van der Waals surface area contributed by atoms with Crippen LogP contribution in [0.25, 0.3) is 0 Å². The third-order valence-electron chi connectivity index (χ3n) is 5.40. The van der Waals surface area contributed by atoms with E-state index in [0.29, 0.717) is 63.0 Å². The Hall–Kier alpha value is -1.59. The van der Waals surface area contributed by atoms with Gasteiger partial charge < -0.3 is 25.7 Å². The van der Waals surface area contributed by atoms with E-state index in [9.17, 15) is 4.79 Å². The van der Waals surface area contributed by atoms with E-state index < -0.39 is 11.6 Å². The van der Waals surface area contributed by atoms with Crippen molar-refractivity contribution in [2.75, 3.05) is 25.7 Å². The Morgan fingerprint density at radius 2 is 1.38 bits per heavy atom. The van der Waals surface area contributed by atoms with Gasteiger partial charge in [-0.2, -0.15) is 0 Å². The zero-order chi connectivity index (χ0) is 23.4. The molecule has 1 heterocycles. The molecule has 0 aliphatic carbocycles. The van der Waals surface area contributed by atoms with Gasteiger partial charge in [-0.05, 0) is 81.9 Å². The molecule has 4 N–H and O–H groups in total. The molecule has 0 unspecified atom stereocenters. The van der Waals surface area contributed by atoms with E-state index in [1.54, 1.807) is 19.2 Å². The van der Waals surface area contributed by atoms with Gasteiger partial charge in [0.05, 0.1) is 33.0 Å². The summed E-state index contributed by atoms with van der Waals surface area (Å²) in [7, 11) is 2.91. The zero-order valence-corrected chi connectivity index (χ0v) is 23.1. The first-order valence-corrected chi connectivity index (χ1v) is 12.3. The SMILES string of the molecule is COC(=O)c1ccccc1C1(OC)c2cc(Br)c(N)c(Br)c2Oc2c1cc(Br)c(N)c2Br. The largest absolute Gasteiger partial charge is 0.465 e. The van der Waals surface area contributed by atoms with Crippen LogP contribution in [0.5, 0.6) is 11.5 Å². The Kier molecular flexibility index (Phi) is 6.36. The highest BCUT2D eigenvalue weighted by Gasteiger charge is 2.48. The van der Waals surface area contributed by atoms with E-state index in [2.05, 4.69) is 63.7 Å². The molecule has 166 valence electrons. The second-order valence-corrected chi connectivity index (χ2v) is 10.2. The smallest absolute Gasteiger partial charge is 0.338 e. The summed E-state index contributed by atoms with van der Waals surface area (Å²) < 4.78 is 20.0. The summed E-state index contributed by atoms with van der Waals surface area (Å²) in [4.78, 5) is 12.7. The normalized spacial score (nSPS) is 13.7. The maximum absolute atomic E-state index is 12.7. The number of nitrogen functional groups attached to an aromatic ring is 2. The van der Waals surface area contributed by atoms with E-state index in [4.69, 9.17) is 25.7 Å². The number of carbonyl (C=O) groups excluding carboxylic acids is 1. The van der Waals surface area contributed by atoms with Crippen molar-refractivity contribution in [1.29, 1.82) is 0 Å². The number of hydrogen-bond donors (Lipinski definition) is 2. The number of anilines is 2.